The molecule has 0 fully saturated rings. The number of nitrogens with one attached hydrogen (secondary N) is 2. The number of benzene rings is 2. The van der Waals surface area contributed by atoms with E-state index in [1.165, 1.54) is 12.1 Å². The second-order valence-corrected chi connectivity index (χ2v) is 4.71. The maximum Gasteiger partial charge on any atom is 0.175 e. The van der Waals surface area contributed by atoms with Crippen LogP contribution in [0.3, 0.4) is 0 Å². The quantitative estimate of drug-likeness (QED) is 0.794. The summed E-state index contributed by atoms with van der Waals surface area (Å²) < 4.78 is 39.5. The molecule has 0 atom stereocenters. The normalized spacial score (nSPS) is 10.2. The summed E-state index contributed by atoms with van der Waals surface area (Å²) in [6, 6.07) is 6.87. The number of anilines is 2. The van der Waals surface area contributed by atoms with Gasteiger partial charge in [0.05, 0.1) is 5.69 Å². The lowest BCUT2D eigenvalue weighted by Gasteiger charge is -2.11. The zero-order valence-corrected chi connectivity index (χ0v) is 11.5. The van der Waals surface area contributed by atoms with Gasteiger partial charge in [0.15, 0.2) is 5.11 Å². The molecule has 0 saturated carbocycles. The number of hydrogen-bond donors (Lipinski definition) is 2. The Hall–Kier alpha value is -1.79. The van der Waals surface area contributed by atoms with Gasteiger partial charge in [0, 0.05) is 16.8 Å². The minimum atomic E-state index is -0.743. The van der Waals surface area contributed by atoms with Gasteiger partial charge in [-0.05, 0) is 42.5 Å². The molecule has 20 heavy (non-hydrogen) atoms. The minimum Gasteiger partial charge on any atom is -0.332 e. The summed E-state index contributed by atoms with van der Waals surface area (Å²) >= 11 is 10.5. The van der Waals surface area contributed by atoms with Crippen LogP contribution in [0.25, 0.3) is 0 Å². The van der Waals surface area contributed by atoms with Gasteiger partial charge < -0.3 is 10.6 Å². The molecule has 2 aromatic rings. The Balaban J connectivity index is 2.09. The van der Waals surface area contributed by atoms with Crippen molar-refractivity contribution in [3.8, 4) is 0 Å². The van der Waals surface area contributed by atoms with Crippen molar-refractivity contribution in [2.24, 2.45) is 0 Å². The van der Waals surface area contributed by atoms with E-state index in [0.29, 0.717) is 0 Å². The average Bonchev–Trinajstić information content (AvgIpc) is 2.31. The SMILES string of the molecule is Fc1cc(F)cc(NC(=S)Nc2ccc(Cl)cc2F)c1. The van der Waals surface area contributed by atoms with Crippen LogP contribution in [0.2, 0.25) is 5.02 Å². The minimum absolute atomic E-state index is 0.00350. The molecule has 0 radical (unpaired) electrons. The van der Waals surface area contributed by atoms with Gasteiger partial charge in [-0.3, -0.25) is 0 Å². The maximum absolute atomic E-state index is 13.5. The third kappa shape index (κ3) is 3.85. The molecule has 0 spiro atoms. The Morgan fingerprint density at radius 3 is 2.20 bits per heavy atom. The van der Waals surface area contributed by atoms with E-state index in [0.717, 1.165) is 24.3 Å². The van der Waals surface area contributed by atoms with Crippen LogP contribution in [0.15, 0.2) is 36.4 Å². The zero-order valence-electron chi connectivity index (χ0n) is 9.88. The summed E-state index contributed by atoms with van der Waals surface area (Å²) in [5.74, 6) is -2.08. The molecule has 0 aliphatic rings. The van der Waals surface area contributed by atoms with E-state index < -0.39 is 17.5 Å². The summed E-state index contributed by atoms with van der Waals surface area (Å²) in [6.45, 7) is 0. The summed E-state index contributed by atoms with van der Waals surface area (Å²) in [4.78, 5) is 0. The molecule has 0 saturated heterocycles. The molecule has 7 heteroatoms. The van der Waals surface area contributed by atoms with Gasteiger partial charge in [0.1, 0.15) is 17.5 Å². The van der Waals surface area contributed by atoms with Gasteiger partial charge in [-0.2, -0.15) is 0 Å². The lowest BCUT2D eigenvalue weighted by Crippen LogP contribution is -2.20. The molecular formula is C13H8ClF3N2S. The highest BCUT2D eigenvalue weighted by Gasteiger charge is 2.06. The van der Waals surface area contributed by atoms with Crippen molar-refractivity contribution in [3.05, 3.63) is 58.9 Å². The molecule has 0 bridgehead atoms. The highest BCUT2D eigenvalue weighted by atomic mass is 35.5. The molecule has 0 aliphatic carbocycles. The first kappa shape index (κ1) is 14.6. The molecule has 0 unspecified atom stereocenters. The molecule has 2 rings (SSSR count). The van der Waals surface area contributed by atoms with E-state index in [9.17, 15) is 13.2 Å². The van der Waals surface area contributed by atoms with E-state index in [1.807, 2.05) is 0 Å². The number of hydrogen-bond acceptors (Lipinski definition) is 1. The predicted molar refractivity (Wildman–Crippen MR) is 77.6 cm³/mol. The van der Waals surface area contributed by atoms with E-state index in [1.54, 1.807) is 0 Å². The van der Waals surface area contributed by atoms with Gasteiger partial charge in [0.25, 0.3) is 0 Å². The molecule has 0 aliphatic heterocycles. The summed E-state index contributed by atoms with van der Waals surface area (Å²) in [5.41, 5.74) is 0.221. The highest BCUT2D eigenvalue weighted by Crippen LogP contribution is 2.19. The van der Waals surface area contributed by atoms with E-state index in [-0.39, 0.29) is 21.5 Å². The van der Waals surface area contributed by atoms with E-state index >= 15 is 0 Å². The van der Waals surface area contributed by atoms with E-state index in [4.69, 9.17) is 23.8 Å². The fourth-order valence-electron chi connectivity index (χ4n) is 1.50. The smallest absolute Gasteiger partial charge is 0.175 e. The highest BCUT2D eigenvalue weighted by molar-refractivity contribution is 7.80. The largest absolute Gasteiger partial charge is 0.332 e. The lowest BCUT2D eigenvalue weighted by atomic mass is 10.3. The molecule has 104 valence electrons. The van der Waals surface area contributed by atoms with Crippen molar-refractivity contribution < 1.29 is 13.2 Å². The summed E-state index contributed by atoms with van der Waals surface area (Å²) in [5, 5.41) is 5.37. The summed E-state index contributed by atoms with van der Waals surface area (Å²) in [7, 11) is 0. The molecule has 0 heterocycles. The zero-order chi connectivity index (χ0) is 14.7. The Kier molecular flexibility index (Phi) is 4.46. The standard InChI is InChI=1S/C13H8ClF3N2S/c14-7-1-2-12(11(17)3-7)19-13(20)18-10-5-8(15)4-9(16)6-10/h1-6H,(H2,18,19,20). The van der Waals surface area contributed by atoms with Gasteiger partial charge in [0.2, 0.25) is 0 Å². The van der Waals surface area contributed by atoms with E-state index in [2.05, 4.69) is 10.6 Å². The maximum atomic E-state index is 13.5. The fourth-order valence-corrected chi connectivity index (χ4v) is 1.89. The van der Waals surface area contributed by atoms with Crippen molar-refractivity contribution >= 4 is 40.3 Å². The Bertz CT molecular complexity index is 644. The Labute approximate surface area is 123 Å². The first-order valence-corrected chi connectivity index (χ1v) is 6.22. The van der Waals surface area contributed by atoms with Crippen LogP contribution in [0.5, 0.6) is 0 Å². The number of rotatable bonds is 2. The first-order chi connectivity index (χ1) is 9.44. The van der Waals surface area contributed by atoms with Gasteiger partial charge in [-0.1, -0.05) is 11.6 Å². The third-order valence-corrected chi connectivity index (χ3v) is 2.74. The van der Waals surface area contributed by atoms with Gasteiger partial charge >= 0.3 is 0 Å². The first-order valence-electron chi connectivity index (χ1n) is 5.43. The van der Waals surface area contributed by atoms with Crippen LogP contribution in [-0.2, 0) is 0 Å². The molecule has 2 N–H and O–H groups in total. The van der Waals surface area contributed by atoms with Crippen molar-refractivity contribution in [1.82, 2.24) is 0 Å². The summed E-state index contributed by atoms with van der Waals surface area (Å²) in [6.07, 6.45) is 0. The molecule has 2 nitrogen and oxygen atoms in total. The van der Waals surface area contributed by atoms with Crippen LogP contribution in [0, 0.1) is 17.5 Å². The van der Waals surface area contributed by atoms with Crippen molar-refractivity contribution in [2.75, 3.05) is 10.6 Å². The molecule has 0 amide bonds. The Morgan fingerprint density at radius 2 is 1.60 bits per heavy atom. The lowest BCUT2D eigenvalue weighted by molar-refractivity contribution is 0.584. The average molecular weight is 317 g/mol. The van der Waals surface area contributed by atoms with Crippen molar-refractivity contribution in [2.45, 2.75) is 0 Å². The third-order valence-electron chi connectivity index (χ3n) is 2.30. The topological polar surface area (TPSA) is 24.1 Å². The second-order valence-electron chi connectivity index (χ2n) is 3.86. The molecule has 0 aromatic heterocycles. The number of thiocarbonyl (C=S) groups is 1. The Morgan fingerprint density at radius 1 is 0.950 bits per heavy atom. The van der Waals surface area contributed by atoms with Gasteiger partial charge in [-0.25, -0.2) is 13.2 Å². The van der Waals surface area contributed by atoms with Crippen molar-refractivity contribution in [1.29, 1.82) is 0 Å². The van der Waals surface area contributed by atoms with Crippen LogP contribution < -0.4 is 10.6 Å². The van der Waals surface area contributed by atoms with Crippen LogP contribution >= 0.6 is 23.8 Å². The van der Waals surface area contributed by atoms with Crippen LogP contribution in [-0.4, -0.2) is 5.11 Å². The van der Waals surface area contributed by atoms with Crippen LogP contribution in [0.1, 0.15) is 0 Å². The number of halogens is 4. The molecular weight excluding hydrogens is 309 g/mol. The van der Waals surface area contributed by atoms with Gasteiger partial charge in [-0.15, -0.1) is 0 Å². The van der Waals surface area contributed by atoms with Crippen LogP contribution in [0.4, 0.5) is 24.5 Å². The monoisotopic (exact) mass is 316 g/mol. The fraction of sp³-hybridized carbons (Fsp3) is 0. The van der Waals surface area contributed by atoms with Crippen molar-refractivity contribution in [3.63, 3.8) is 0 Å². The predicted octanol–water partition coefficient (Wildman–Crippen LogP) is 4.57. The molecule has 2 aromatic carbocycles. The second kappa shape index (κ2) is 6.11.